The summed E-state index contributed by atoms with van der Waals surface area (Å²) in [5.74, 6) is 0. The third kappa shape index (κ3) is 4.82. The maximum absolute atomic E-state index is 6.34. The van der Waals surface area contributed by atoms with Crippen molar-refractivity contribution in [2.45, 2.75) is 0 Å². The van der Waals surface area contributed by atoms with Gasteiger partial charge in [-0.05, 0) is 90.8 Å². The molecule has 11 rings (SSSR count). The van der Waals surface area contributed by atoms with E-state index in [1.807, 2.05) is 12.1 Å². The first-order valence-electron chi connectivity index (χ1n) is 18.0. The number of hydrogen-bond acceptors (Lipinski definition) is 3. The Kier molecular flexibility index (Phi) is 6.55. The van der Waals surface area contributed by atoms with E-state index in [1.54, 1.807) is 12.4 Å². The minimum atomic E-state index is 0.919. The van der Waals surface area contributed by atoms with Crippen molar-refractivity contribution in [3.05, 3.63) is 182 Å². The van der Waals surface area contributed by atoms with Crippen molar-refractivity contribution in [3.63, 3.8) is 0 Å². The maximum atomic E-state index is 6.34. The van der Waals surface area contributed by atoms with Crippen LogP contribution in [0.3, 0.4) is 0 Å². The molecule has 0 aliphatic heterocycles. The fourth-order valence-corrected chi connectivity index (χ4v) is 8.11. The maximum Gasteiger partial charge on any atom is 0.143 e. The van der Waals surface area contributed by atoms with E-state index in [0.717, 1.165) is 54.9 Å². The van der Waals surface area contributed by atoms with Gasteiger partial charge in [0.05, 0.1) is 11.0 Å². The van der Waals surface area contributed by atoms with Crippen molar-refractivity contribution in [1.82, 2.24) is 9.97 Å². The van der Waals surface area contributed by atoms with Crippen LogP contribution in [0, 0.1) is 0 Å². The number of para-hydroxylation sites is 2. The van der Waals surface area contributed by atoms with Gasteiger partial charge in [0, 0.05) is 39.5 Å². The molecule has 246 valence electrons. The molecule has 0 atom stereocenters. The lowest BCUT2D eigenvalue weighted by Crippen LogP contribution is -1.89. The summed E-state index contributed by atoms with van der Waals surface area (Å²) in [5.41, 5.74) is 13.1. The van der Waals surface area contributed by atoms with E-state index in [9.17, 15) is 0 Å². The van der Waals surface area contributed by atoms with E-state index in [2.05, 4.69) is 163 Å². The Balaban J connectivity index is 0.904. The summed E-state index contributed by atoms with van der Waals surface area (Å²) in [6.45, 7) is 0. The summed E-state index contributed by atoms with van der Waals surface area (Å²) >= 11 is 0. The van der Waals surface area contributed by atoms with Crippen LogP contribution in [0.1, 0.15) is 0 Å². The molecule has 0 amide bonds. The lowest BCUT2D eigenvalue weighted by Gasteiger charge is -2.12. The molecule has 0 unspecified atom stereocenters. The Labute approximate surface area is 305 Å². The van der Waals surface area contributed by atoms with Gasteiger partial charge in [-0.1, -0.05) is 140 Å². The highest BCUT2D eigenvalue weighted by atomic mass is 16.3. The quantitative estimate of drug-likeness (QED) is 0.174. The average Bonchev–Trinajstić information content (AvgIpc) is 3.62. The second kappa shape index (κ2) is 11.7. The molecule has 0 fully saturated rings. The van der Waals surface area contributed by atoms with Crippen molar-refractivity contribution < 1.29 is 4.42 Å². The van der Waals surface area contributed by atoms with Gasteiger partial charge in [-0.2, -0.15) is 0 Å². The molecular formula is C50H30N2O. The molecule has 0 N–H and O–H groups in total. The van der Waals surface area contributed by atoms with E-state index < -0.39 is 0 Å². The molecule has 0 saturated heterocycles. The number of fused-ring (bicyclic) bond motifs is 10. The Hall–Kier alpha value is -7.10. The van der Waals surface area contributed by atoms with Crippen LogP contribution in [-0.4, -0.2) is 9.97 Å². The van der Waals surface area contributed by atoms with E-state index in [1.165, 1.54) is 54.9 Å². The van der Waals surface area contributed by atoms with Gasteiger partial charge in [-0.15, -0.1) is 0 Å². The van der Waals surface area contributed by atoms with E-state index >= 15 is 0 Å². The SMILES string of the molecule is c1cc(-c2ccc(-c3ccc4cc(-c5cccc6c5oc5ccccc56)ccc4c3)cc2)cc(-c2ccc3c(c2)c2ccccc2c2nccnc32)c1. The number of nitrogens with zero attached hydrogens (tertiary/aromatic N) is 2. The monoisotopic (exact) mass is 674 g/mol. The molecule has 53 heavy (non-hydrogen) atoms. The van der Waals surface area contributed by atoms with Crippen LogP contribution in [0.2, 0.25) is 0 Å². The van der Waals surface area contributed by atoms with Gasteiger partial charge in [0.15, 0.2) is 0 Å². The van der Waals surface area contributed by atoms with Crippen LogP contribution in [0.4, 0.5) is 0 Å². The van der Waals surface area contributed by atoms with E-state index in [4.69, 9.17) is 9.40 Å². The zero-order valence-electron chi connectivity index (χ0n) is 28.6. The first-order valence-corrected chi connectivity index (χ1v) is 18.0. The number of benzene rings is 9. The topological polar surface area (TPSA) is 38.9 Å². The summed E-state index contributed by atoms with van der Waals surface area (Å²) in [6, 6.07) is 61.1. The highest BCUT2D eigenvalue weighted by Crippen LogP contribution is 2.39. The van der Waals surface area contributed by atoms with Gasteiger partial charge < -0.3 is 4.42 Å². The van der Waals surface area contributed by atoms with Crippen LogP contribution in [-0.2, 0) is 0 Å². The predicted octanol–water partition coefficient (Wildman–Crippen LogP) is 13.7. The summed E-state index contributed by atoms with van der Waals surface area (Å²) in [4.78, 5) is 9.41. The molecule has 0 aliphatic rings. The molecule has 3 heteroatoms. The molecule has 0 bridgehead atoms. The van der Waals surface area contributed by atoms with Crippen molar-refractivity contribution in [3.8, 4) is 44.5 Å². The lowest BCUT2D eigenvalue weighted by molar-refractivity contribution is 0.670. The van der Waals surface area contributed by atoms with Crippen LogP contribution >= 0.6 is 0 Å². The van der Waals surface area contributed by atoms with Crippen LogP contribution in [0.25, 0.3) is 110 Å². The largest absolute Gasteiger partial charge is 0.455 e. The molecule has 0 saturated carbocycles. The predicted molar refractivity (Wildman–Crippen MR) is 221 cm³/mol. The van der Waals surface area contributed by atoms with Crippen molar-refractivity contribution >= 4 is 65.3 Å². The van der Waals surface area contributed by atoms with Gasteiger partial charge in [-0.25, -0.2) is 0 Å². The first-order chi connectivity index (χ1) is 26.2. The lowest BCUT2D eigenvalue weighted by atomic mass is 9.93. The highest BCUT2D eigenvalue weighted by molar-refractivity contribution is 6.23. The Morgan fingerprint density at radius 3 is 1.62 bits per heavy atom. The number of rotatable bonds is 4. The Morgan fingerprint density at radius 2 is 0.849 bits per heavy atom. The van der Waals surface area contributed by atoms with Crippen LogP contribution < -0.4 is 0 Å². The zero-order valence-corrected chi connectivity index (χ0v) is 28.6. The van der Waals surface area contributed by atoms with Crippen LogP contribution in [0.5, 0.6) is 0 Å². The fraction of sp³-hybridized carbons (Fsp3) is 0. The number of aromatic nitrogens is 2. The molecule has 2 heterocycles. The van der Waals surface area contributed by atoms with Crippen molar-refractivity contribution in [2.75, 3.05) is 0 Å². The smallest absolute Gasteiger partial charge is 0.143 e. The summed E-state index contributed by atoms with van der Waals surface area (Å²) in [6.07, 6.45) is 3.55. The zero-order chi connectivity index (χ0) is 34.9. The summed E-state index contributed by atoms with van der Waals surface area (Å²) in [5, 5.41) is 9.35. The molecule has 3 nitrogen and oxygen atoms in total. The van der Waals surface area contributed by atoms with Gasteiger partial charge in [0.25, 0.3) is 0 Å². The average molecular weight is 675 g/mol. The minimum absolute atomic E-state index is 0.919. The van der Waals surface area contributed by atoms with E-state index in [0.29, 0.717) is 0 Å². The molecule has 0 spiro atoms. The first kappa shape index (κ1) is 29.6. The van der Waals surface area contributed by atoms with Gasteiger partial charge in [-0.3, -0.25) is 9.97 Å². The highest BCUT2D eigenvalue weighted by Gasteiger charge is 2.14. The Morgan fingerprint density at radius 1 is 0.321 bits per heavy atom. The molecule has 11 aromatic rings. The normalized spacial score (nSPS) is 11.8. The fourth-order valence-electron chi connectivity index (χ4n) is 8.11. The molecular weight excluding hydrogens is 645 g/mol. The van der Waals surface area contributed by atoms with Crippen LogP contribution in [0.15, 0.2) is 187 Å². The molecule has 0 aliphatic carbocycles. The third-order valence-electron chi connectivity index (χ3n) is 10.7. The van der Waals surface area contributed by atoms with Gasteiger partial charge >= 0.3 is 0 Å². The number of furan rings is 1. The summed E-state index contributed by atoms with van der Waals surface area (Å²) in [7, 11) is 0. The number of hydrogen-bond donors (Lipinski definition) is 0. The molecule has 0 radical (unpaired) electrons. The molecule has 2 aromatic heterocycles. The third-order valence-corrected chi connectivity index (χ3v) is 10.7. The second-order valence-corrected chi connectivity index (χ2v) is 13.8. The van der Waals surface area contributed by atoms with Gasteiger partial charge in [0.1, 0.15) is 11.2 Å². The summed E-state index contributed by atoms with van der Waals surface area (Å²) < 4.78 is 6.34. The van der Waals surface area contributed by atoms with E-state index in [-0.39, 0.29) is 0 Å². The molecule has 9 aromatic carbocycles. The Bertz CT molecular complexity index is 3190. The standard InChI is InChI=1S/C50H30N2O/c1-2-11-43-41(9-1)46-30-38(23-24-44(46)49-48(43)51-25-26-52-49)34-8-5-7-33(27-34)31-15-17-32(18-16-31)35-19-20-37-29-39(22-21-36(37)28-35)40-12-6-13-45-42-10-3-4-14-47(42)53-50(40)45/h1-30H. The van der Waals surface area contributed by atoms with Crippen molar-refractivity contribution in [2.24, 2.45) is 0 Å². The second-order valence-electron chi connectivity index (χ2n) is 13.8. The van der Waals surface area contributed by atoms with Gasteiger partial charge in [0.2, 0.25) is 0 Å². The van der Waals surface area contributed by atoms with Crippen molar-refractivity contribution in [1.29, 1.82) is 0 Å². The minimum Gasteiger partial charge on any atom is -0.455 e.